The molecule has 1 N–H and O–H groups in total. The van der Waals surface area contributed by atoms with Crippen molar-refractivity contribution in [1.29, 1.82) is 5.26 Å². The Morgan fingerprint density at radius 2 is 1.89 bits per heavy atom. The first-order chi connectivity index (χ1) is 20.7. The molecule has 0 bridgehead atoms. The molecule has 0 saturated heterocycles. The number of carbonyl (C=O) groups is 1. The Kier molecular flexibility index (Phi) is 6.79. The van der Waals surface area contributed by atoms with Crippen LogP contribution in [0.1, 0.15) is 84.2 Å². The van der Waals surface area contributed by atoms with Crippen LogP contribution >= 0.6 is 0 Å². The minimum atomic E-state index is -0.571. The maximum Gasteiger partial charge on any atom is 0.411 e. The standard InChI is InChI=1S/C33H38N8O3/c1-20(2)40-28(42)23-18-35-29(38-27(23)41(40)26-10-8-9-25(37-26)33(19-34)14-15-33)36-22-11-12-24-21(17-22)13-16-39(32(24,6)7)30(43)44-31(3,4)5/h8-12,17-18,20H,13-16H2,1-7H3,(H,35,36,38). The summed E-state index contributed by atoms with van der Waals surface area (Å²) >= 11 is 0. The Hall–Kier alpha value is -4.72. The van der Waals surface area contributed by atoms with E-state index in [1.54, 1.807) is 20.5 Å². The molecule has 0 unspecified atom stereocenters. The largest absolute Gasteiger partial charge is 0.444 e. The number of fused-ring (bicyclic) bond motifs is 2. The van der Waals surface area contributed by atoms with Crippen molar-refractivity contribution in [1.82, 2.24) is 29.2 Å². The van der Waals surface area contributed by atoms with Gasteiger partial charge in [-0.3, -0.25) is 9.69 Å². The summed E-state index contributed by atoms with van der Waals surface area (Å²) < 4.78 is 9.03. The molecule has 1 fully saturated rings. The zero-order valence-corrected chi connectivity index (χ0v) is 26.3. The van der Waals surface area contributed by atoms with Crippen molar-refractivity contribution in [3.63, 3.8) is 0 Å². The van der Waals surface area contributed by atoms with Crippen LogP contribution in [0.2, 0.25) is 0 Å². The Morgan fingerprint density at radius 1 is 1.14 bits per heavy atom. The van der Waals surface area contributed by atoms with Gasteiger partial charge in [-0.05, 0) is 103 Å². The van der Waals surface area contributed by atoms with Crippen molar-refractivity contribution in [2.75, 3.05) is 11.9 Å². The highest BCUT2D eigenvalue weighted by Crippen LogP contribution is 2.46. The Morgan fingerprint density at radius 3 is 2.55 bits per heavy atom. The van der Waals surface area contributed by atoms with E-state index in [9.17, 15) is 14.9 Å². The zero-order valence-electron chi connectivity index (χ0n) is 26.3. The van der Waals surface area contributed by atoms with E-state index >= 15 is 0 Å². The number of aromatic nitrogens is 5. The average molecular weight is 595 g/mol. The summed E-state index contributed by atoms with van der Waals surface area (Å²) in [6.45, 7) is 14.1. The van der Waals surface area contributed by atoms with E-state index in [1.807, 2.05) is 78.8 Å². The molecule has 4 heterocycles. The quantitative estimate of drug-likeness (QED) is 0.303. The second kappa shape index (κ2) is 10.2. The average Bonchev–Trinajstić information content (AvgIpc) is 3.70. The van der Waals surface area contributed by atoms with Crippen LogP contribution in [0.25, 0.3) is 16.9 Å². The van der Waals surface area contributed by atoms with E-state index in [1.165, 1.54) is 0 Å². The number of benzene rings is 1. The van der Waals surface area contributed by atoms with Crippen LogP contribution in [0, 0.1) is 11.3 Å². The summed E-state index contributed by atoms with van der Waals surface area (Å²) in [4.78, 5) is 42.3. The third-order valence-corrected chi connectivity index (χ3v) is 8.43. The van der Waals surface area contributed by atoms with Crippen molar-refractivity contribution < 1.29 is 9.53 Å². The molecule has 228 valence electrons. The summed E-state index contributed by atoms with van der Waals surface area (Å²) in [5.74, 6) is 0.865. The number of carbonyl (C=O) groups excluding carboxylic acids is 1. The highest BCUT2D eigenvalue weighted by atomic mass is 16.6. The molecule has 11 heteroatoms. The molecule has 1 aromatic carbocycles. The number of pyridine rings is 1. The van der Waals surface area contributed by atoms with Gasteiger partial charge in [0.05, 0.1) is 22.7 Å². The van der Waals surface area contributed by atoms with E-state index < -0.39 is 16.6 Å². The molecule has 1 aliphatic carbocycles. The van der Waals surface area contributed by atoms with Crippen LogP contribution in [-0.4, -0.2) is 47.5 Å². The van der Waals surface area contributed by atoms with Crippen molar-refractivity contribution in [3.8, 4) is 11.9 Å². The van der Waals surface area contributed by atoms with Gasteiger partial charge < -0.3 is 10.1 Å². The van der Waals surface area contributed by atoms with Crippen molar-refractivity contribution in [2.24, 2.45) is 0 Å². The SMILES string of the molecule is CC(C)n1c(=O)c2cnc(Nc3ccc4c(c3)CCN(C(=O)OC(C)(C)C)C4(C)C)nc2n1-c1cccc(C2(C#N)CC2)n1. The Labute approximate surface area is 256 Å². The summed E-state index contributed by atoms with van der Waals surface area (Å²) in [6, 6.07) is 13.8. The van der Waals surface area contributed by atoms with Crippen molar-refractivity contribution >= 4 is 28.8 Å². The lowest BCUT2D eigenvalue weighted by Gasteiger charge is -2.44. The lowest BCUT2D eigenvalue weighted by Crippen LogP contribution is -2.51. The Balaban J connectivity index is 1.35. The molecule has 4 aromatic rings. The number of nitrogens with one attached hydrogen (secondary N) is 1. The predicted octanol–water partition coefficient (Wildman–Crippen LogP) is 5.89. The number of anilines is 2. The summed E-state index contributed by atoms with van der Waals surface area (Å²) in [5, 5.41) is 13.4. The van der Waals surface area contributed by atoms with E-state index in [0.29, 0.717) is 41.5 Å². The topological polar surface area (TPSA) is 131 Å². The lowest BCUT2D eigenvalue weighted by atomic mass is 9.83. The minimum absolute atomic E-state index is 0.173. The van der Waals surface area contributed by atoms with Crippen LogP contribution in [0.15, 0.2) is 47.4 Å². The van der Waals surface area contributed by atoms with Gasteiger partial charge in [-0.1, -0.05) is 12.1 Å². The fourth-order valence-electron chi connectivity index (χ4n) is 6.00. The predicted molar refractivity (Wildman–Crippen MR) is 167 cm³/mol. The van der Waals surface area contributed by atoms with Gasteiger partial charge in [-0.25, -0.2) is 24.1 Å². The maximum absolute atomic E-state index is 13.5. The molecule has 0 atom stereocenters. The van der Waals surface area contributed by atoms with E-state index in [-0.39, 0.29) is 17.7 Å². The molecule has 2 aliphatic rings. The van der Waals surface area contributed by atoms with Gasteiger partial charge in [-0.15, -0.1) is 0 Å². The first-order valence-corrected chi connectivity index (χ1v) is 15.0. The van der Waals surface area contributed by atoms with Crippen LogP contribution in [0.5, 0.6) is 0 Å². The summed E-state index contributed by atoms with van der Waals surface area (Å²) in [6.07, 6.45) is 3.45. The Bertz CT molecular complexity index is 1890. The highest BCUT2D eigenvalue weighted by Gasteiger charge is 2.46. The molecule has 1 amide bonds. The van der Waals surface area contributed by atoms with E-state index in [2.05, 4.69) is 22.4 Å². The zero-order chi connectivity index (χ0) is 31.6. The molecule has 1 saturated carbocycles. The fraction of sp³-hybridized carbons (Fsp3) is 0.455. The van der Waals surface area contributed by atoms with Gasteiger partial charge in [0.15, 0.2) is 11.5 Å². The molecule has 6 rings (SSSR count). The van der Waals surface area contributed by atoms with Gasteiger partial charge >= 0.3 is 6.09 Å². The number of ether oxygens (including phenoxy) is 1. The number of hydrogen-bond donors (Lipinski definition) is 1. The van der Waals surface area contributed by atoms with Crippen molar-refractivity contribution in [2.45, 2.75) is 90.3 Å². The molecule has 0 spiro atoms. The van der Waals surface area contributed by atoms with E-state index in [0.717, 1.165) is 29.7 Å². The molecular formula is C33H38N8O3. The highest BCUT2D eigenvalue weighted by molar-refractivity contribution is 5.77. The van der Waals surface area contributed by atoms with Gasteiger partial charge in [-0.2, -0.15) is 10.2 Å². The first kappa shape index (κ1) is 29.4. The fourth-order valence-corrected chi connectivity index (χ4v) is 6.00. The number of nitrogens with zero attached hydrogens (tertiary/aromatic N) is 7. The number of rotatable bonds is 5. The number of hydrogen-bond acceptors (Lipinski definition) is 8. The summed E-state index contributed by atoms with van der Waals surface area (Å²) in [5.41, 5.74) is 2.22. The monoisotopic (exact) mass is 594 g/mol. The van der Waals surface area contributed by atoms with Gasteiger partial charge in [0.2, 0.25) is 5.95 Å². The van der Waals surface area contributed by atoms with Crippen LogP contribution < -0.4 is 10.9 Å². The number of nitriles is 1. The lowest BCUT2D eigenvalue weighted by molar-refractivity contribution is -0.000301. The second-order valence-electron chi connectivity index (χ2n) is 13.5. The molecule has 44 heavy (non-hydrogen) atoms. The molecule has 11 nitrogen and oxygen atoms in total. The smallest absolute Gasteiger partial charge is 0.411 e. The third-order valence-electron chi connectivity index (χ3n) is 8.43. The molecule has 0 radical (unpaired) electrons. The van der Waals surface area contributed by atoms with Crippen LogP contribution in [-0.2, 0) is 22.1 Å². The van der Waals surface area contributed by atoms with Gasteiger partial charge in [0.1, 0.15) is 11.0 Å². The molecule has 1 aliphatic heterocycles. The van der Waals surface area contributed by atoms with Crippen LogP contribution in [0.4, 0.5) is 16.4 Å². The second-order valence-corrected chi connectivity index (χ2v) is 13.5. The van der Waals surface area contributed by atoms with E-state index in [4.69, 9.17) is 14.7 Å². The third kappa shape index (κ3) is 4.98. The minimum Gasteiger partial charge on any atom is -0.444 e. The maximum atomic E-state index is 13.5. The first-order valence-electron chi connectivity index (χ1n) is 15.0. The normalized spacial score (nSPS) is 16.8. The van der Waals surface area contributed by atoms with Gasteiger partial charge in [0.25, 0.3) is 5.56 Å². The number of amides is 1. The summed E-state index contributed by atoms with van der Waals surface area (Å²) in [7, 11) is 0. The molecule has 3 aromatic heterocycles. The molecular weight excluding hydrogens is 556 g/mol. The van der Waals surface area contributed by atoms with Gasteiger partial charge in [0, 0.05) is 24.5 Å². The van der Waals surface area contributed by atoms with Crippen LogP contribution in [0.3, 0.4) is 0 Å². The van der Waals surface area contributed by atoms with Crippen molar-refractivity contribution in [3.05, 3.63) is 69.8 Å².